The zero-order valence-electron chi connectivity index (χ0n) is 20.9. The molecule has 0 spiro atoms. The number of nitrogens with zero attached hydrogens (tertiary/aromatic N) is 4. The normalized spacial score (nSPS) is 16.6. The molecule has 12 nitrogen and oxygen atoms in total. The fourth-order valence-electron chi connectivity index (χ4n) is 4.59. The van der Waals surface area contributed by atoms with Crippen molar-refractivity contribution in [1.29, 1.82) is 0 Å². The van der Waals surface area contributed by atoms with Gasteiger partial charge in [0.1, 0.15) is 17.8 Å². The van der Waals surface area contributed by atoms with Crippen molar-refractivity contribution in [3.05, 3.63) is 42.1 Å². The van der Waals surface area contributed by atoms with E-state index in [0.29, 0.717) is 11.4 Å². The summed E-state index contributed by atoms with van der Waals surface area (Å²) in [5, 5.41) is 21.0. The van der Waals surface area contributed by atoms with Crippen molar-refractivity contribution in [3.8, 4) is 17.3 Å². The summed E-state index contributed by atoms with van der Waals surface area (Å²) in [6.45, 7) is 0.564. The van der Waals surface area contributed by atoms with Crippen LogP contribution in [-0.2, 0) is 9.59 Å². The lowest BCUT2D eigenvalue weighted by Crippen LogP contribution is -2.55. The molecular formula is C26H31N5O7. The largest absolute Gasteiger partial charge is 0.481 e. The molecular weight excluding hydrogens is 494 g/mol. The minimum Gasteiger partial charge on any atom is -0.481 e. The van der Waals surface area contributed by atoms with Gasteiger partial charge < -0.3 is 30.1 Å². The zero-order valence-corrected chi connectivity index (χ0v) is 20.9. The van der Waals surface area contributed by atoms with Crippen LogP contribution in [0, 0.1) is 0 Å². The predicted octanol–water partition coefficient (Wildman–Crippen LogP) is 2.25. The van der Waals surface area contributed by atoms with Gasteiger partial charge >= 0.3 is 12.1 Å². The Morgan fingerprint density at radius 3 is 2.26 bits per heavy atom. The Bertz CT molecular complexity index is 1160. The van der Waals surface area contributed by atoms with Gasteiger partial charge in [-0.05, 0) is 32.1 Å². The summed E-state index contributed by atoms with van der Waals surface area (Å²) in [6.07, 6.45) is 2.38. The van der Waals surface area contributed by atoms with Crippen LogP contribution < -0.4 is 10.1 Å². The molecule has 4 rings (SSSR count). The number of aliphatic carboxylic acids is 1. The lowest BCUT2D eigenvalue weighted by atomic mass is 10.1. The first kappa shape index (κ1) is 26.8. The highest BCUT2D eigenvalue weighted by atomic mass is 16.5. The van der Waals surface area contributed by atoms with Crippen LogP contribution >= 0.6 is 0 Å². The third-order valence-corrected chi connectivity index (χ3v) is 6.67. The summed E-state index contributed by atoms with van der Waals surface area (Å²) < 4.78 is 6.05. The standard InChI is InChI=1S/C26H31N5O7/c32-22(33)11-10-19(25(35)30-12-14-31(15-13-30)26(36)37)28-24(34)20-16-21(38-18-8-4-5-9-18)29-23(27-20)17-6-2-1-3-7-17/h1-3,6-7,16,18-19H,4-5,8-15H2,(H,28,34)(H,32,33)(H,36,37)/t19-/m0/s1. The highest BCUT2D eigenvalue weighted by Gasteiger charge is 2.31. The van der Waals surface area contributed by atoms with E-state index in [1.165, 1.54) is 15.9 Å². The number of hydrogen-bond acceptors (Lipinski definition) is 7. The Morgan fingerprint density at radius 1 is 0.974 bits per heavy atom. The molecule has 2 fully saturated rings. The van der Waals surface area contributed by atoms with E-state index in [0.717, 1.165) is 25.7 Å². The summed E-state index contributed by atoms with van der Waals surface area (Å²) in [7, 11) is 0. The number of hydrogen-bond donors (Lipinski definition) is 3. The molecule has 12 heteroatoms. The Morgan fingerprint density at radius 2 is 1.63 bits per heavy atom. The topological polar surface area (TPSA) is 162 Å². The van der Waals surface area contributed by atoms with E-state index in [2.05, 4.69) is 15.3 Å². The van der Waals surface area contributed by atoms with Crippen molar-refractivity contribution in [2.75, 3.05) is 26.2 Å². The third-order valence-electron chi connectivity index (χ3n) is 6.67. The maximum absolute atomic E-state index is 13.3. The maximum Gasteiger partial charge on any atom is 0.407 e. The Kier molecular flexibility index (Phi) is 8.72. The van der Waals surface area contributed by atoms with Crippen molar-refractivity contribution in [3.63, 3.8) is 0 Å². The first-order chi connectivity index (χ1) is 18.3. The van der Waals surface area contributed by atoms with Gasteiger partial charge in [0.2, 0.25) is 11.8 Å². The summed E-state index contributed by atoms with van der Waals surface area (Å²) >= 11 is 0. The first-order valence-electron chi connectivity index (χ1n) is 12.7. The summed E-state index contributed by atoms with van der Waals surface area (Å²) in [4.78, 5) is 60.6. The summed E-state index contributed by atoms with van der Waals surface area (Å²) in [5.74, 6) is -1.68. The van der Waals surface area contributed by atoms with Gasteiger partial charge in [0.25, 0.3) is 5.91 Å². The van der Waals surface area contributed by atoms with Crippen LogP contribution in [0.25, 0.3) is 11.4 Å². The second kappa shape index (κ2) is 12.3. The molecule has 1 aliphatic heterocycles. The number of rotatable bonds is 9. The van der Waals surface area contributed by atoms with Crippen LogP contribution in [0.3, 0.4) is 0 Å². The number of piperazine rings is 1. The Hall–Kier alpha value is -4.22. The maximum atomic E-state index is 13.3. The monoisotopic (exact) mass is 525 g/mol. The van der Waals surface area contributed by atoms with Gasteiger partial charge in [0.05, 0.1) is 0 Å². The van der Waals surface area contributed by atoms with E-state index in [1.54, 1.807) is 0 Å². The molecule has 3 N–H and O–H groups in total. The quantitative estimate of drug-likeness (QED) is 0.446. The van der Waals surface area contributed by atoms with Crippen LogP contribution in [0.15, 0.2) is 36.4 Å². The molecule has 2 aromatic rings. The fraction of sp³-hybridized carbons (Fsp3) is 0.462. The third kappa shape index (κ3) is 6.96. The van der Waals surface area contributed by atoms with Gasteiger partial charge in [-0.3, -0.25) is 14.4 Å². The minimum absolute atomic E-state index is 0.00111. The van der Waals surface area contributed by atoms with Crippen LogP contribution in [0.1, 0.15) is 49.0 Å². The van der Waals surface area contributed by atoms with Crippen molar-refractivity contribution < 1.29 is 34.1 Å². The van der Waals surface area contributed by atoms with E-state index >= 15 is 0 Å². The van der Waals surface area contributed by atoms with Crippen LogP contribution in [-0.4, -0.2) is 92.2 Å². The van der Waals surface area contributed by atoms with Crippen LogP contribution in [0.4, 0.5) is 4.79 Å². The summed E-state index contributed by atoms with van der Waals surface area (Å²) in [5.41, 5.74) is 0.684. The van der Waals surface area contributed by atoms with Gasteiger partial charge in [0, 0.05) is 44.2 Å². The second-order valence-electron chi connectivity index (χ2n) is 9.36. The van der Waals surface area contributed by atoms with Gasteiger partial charge in [-0.15, -0.1) is 0 Å². The van der Waals surface area contributed by atoms with Crippen molar-refractivity contribution >= 4 is 23.9 Å². The number of amides is 3. The van der Waals surface area contributed by atoms with Crippen LogP contribution in [0.5, 0.6) is 5.88 Å². The van der Waals surface area contributed by atoms with E-state index in [4.69, 9.17) is 9.84 Å². The minimum atomic E-state index is -1.12. The number of aromatic nitrogens is 2. The molecule has 2 heterocycles. The molecule has 0 radical (unpaired) electrons. The number of nitrogens with one attached hydrogen (secondary N) is 1. The lowest BCUT2D eigenvalue weighted by molar-refractivity contribution is -0.138. The average molecular weight is 526 g/mol. The van der Waals surface area contributed by atoms with E-state index in [1.807, 2.05) is 30.3 Å². The molecule has 1 saturated heterocycles. The van der Waals surface area contributed by atoms with E-state index in [9.17, 15) is 24.3 Å². The van der Waals surface area contributed by atoms with E-state index < -0.39 is 29.9 Å². The van der Waals surface area contributed by atoms with Gasteiger partial charge in [0.15, 0.2) is 5.82 Å². The predicted molar refractivity (Wildman–Crippen MR) is 135 cm³/mol. The van der Waals surface area contributed by atoms with Crippen molar-refractivity contribution in [2.24, 2.45) is 0 Å². The molecule has 1 aromatic heterocycles. The number of ether oxygens (including phenoxy) is 1. The Balaban J connectivity index is 1.55. The molecule has 0 unspecified atom stereocenters. The lowest BCUT2D eigenvalue weighted by Gasteiger charge is -2.35. The van der Waals surface area contributed by atoms with Crippen molar-refractivity contribution in [1.82, 2.24) is 25.1 Å². The molecule has 2 aliphatic rings. The number of carboxylic acids is 1. The fourth-order valence-corrected chi connectivity index (χ4v) is 4.59. The SMILES string of the molecule is O=C(O)CC[C@H](NC(=O)c1cc(OC2CCCC2)nc(-c2ccccc2)n1)C(=O)N1CCN(C(=O)O)CC1. The van der Waals surface area contributed by atoms with Gasteiger partial charge in [-0.1, -0.05) is 30.3 Å². The molecule has 0 bridgehead atoms. The molecule has 202 valence electrons. The second-order valence-corrected chi connectivity index (χ2v) is 9.36. The van der Waals surface area contributed by atoms with E-state index in [-0.39, 0.29) is 56.7 Å². The van der Waals surface area contributed by atoms with Gasteiger partial charge in [-0.25, -0.2) is 9.78 Å². The molecule has 1 aliphatic carbocycles. The van der Waals surface area contributed by atoms with Crippen molar-refractivity contribution in [2.45, 2.75) is 50.7 Å². The van der Waals surface area contributed by atoms with Crippen LogP contribution in [0.2, 0.25) is 0 Å². The van der Waals surface area contributed by atoms with Gasteiger partial charge in [-0.2, -0.15) is 4.98 Å². The number of benzene rings is 1. The molecule has 1 saturated carbocycles. The molecule has 3 amide bonds. The molecule has 38 heavy (non-hydrogen) atoms. The Labute approximate surface area is 219 Å². The summed E-state index contributed by atoms with van der Waals surface area (Å²) in [6, 6.07) is 9.44. The highest BCUT2D eigenvalue weighted by molar-refractivity contribution is 5.96. The zero-order chi connectivity index (χ0) is 27.1. The first-order valence-corrected chi connectivity index (χ1v) is 12.7. The highest BCUT2D eigenvalue weighted by Crippen LogP contribution is 2.25. The smallest absolute Gasteiger partial charge is 0.407 e. The molecule has 1 atom stereocenters. The number of carbonyl (C=O) groups is 4. The number of carbonyl (C=O) groups excluding carboxylic acids is 2. The average Bonchev–Trinajstić information content (AvgIpc) is 3.43. The number of carboxylic acid groups (broad SMARTS) is 2. The molecule has 1 aromatic carbocycles.